The monoisotopic (exact) mass is 339 g/mol. The number of thiophene rings is 1. The van der Waals surface area contributed by atoms with Gasteiger partial charge in [0.1, 0.15) is 4.21 Å². The molecule has 2 N–H and O–H groups in total. The largest absolute Gasteiger partial charge is 0.382 e. The average molecular weight is 339 g/mol. The second-order valence-corrected chi connectivity index (χ2v) is 7.00. The van der Waals surface area contributed by atoms with Crippen LogP contribution in [0.3, 0.4) is 0 Å². The highest BCUT2D eigenvalue weighted by Gasteiger charge is 2.26. The number of hydrogen-bond donors (Lipinski definition) is 2. The fourth-order valence-corrected chi connectivity index (χ4v) is 3.87. The normalized spacial score (nSPS) is 13.1. The Kier molecular flexibility index (Phi) is 6.48. The van der Waals surface area contributed by atoms with Crippen molar-refractivity contribution in [3.05, 3.63) is 16.2 Å². The van der Waals surface area contributed by atoms with Gasteiger partial charge in [0.25, 0.3) is 0 Å². The van der Waals surface area contributed by atoms with E-state index in [0.29, 0.717) is 0 Å². The first-order chi connectivity index (χ1) is 9.85. The van der Waals surface area contributed by atoms with Crippen LogP contribution in [0.5, 0.6) is 0 Å². The minimum atomic E-state index is -3.84. The van der Waals surface area contributed by atoms with Crippen LogP contribution in [0.2, 0.25) is 0 Å². The van der Waals surface area contributed by atoms with E-state index in [1.165, 1.54) is 21.3 Å². The molecule has 11 heteroatoms. The minimum absolute atomic E-state index is 0.00720. The lowest BCUT2D eigenvalue weighted by Crippen LogP contribution is -2.35. The summed E-state index contributed by atoms with van der Waals surface area (Å²) in [4.78, 5) is 10.2. The molecule has 0 aliphatic heterocycles. The summed E-state index contributed by atoms with van der Waals surface area (Å²) in [6, 6.07) is 1.02. The molecular weight excluding hydrogens is 322 g/mol. The van der Waals surface area contributed by atoms with Gasteiger partial charge in [0.05, 0.1) is 17.6 Å². The van der Waals surface area contributed by atoms with Crippen LogP contribution in [0.1, 0.15) is 0 Å². The zero-order valence-corrected chi connectivity index (χ0v) is 13.4. The van der Waals surface area contributed by atoms with Crippen molar-refractivity contribution < 1.29 is 22.8 Å². The number of methoxy groups -OCH3 is 2. The number of nitro groups is 1. The molecule has 0 aliphatic rings. The second-order valence-electron chi connectivity index (χ2n) is 3.95. The lowest BCUT2D eigenvalue weighted by Gasteiger charge is -2.14. The molecule has 9 nitrogen and oxygen atoms in total. The van der Waals surface area contributed by atoms with E-state index in [-0.39, 0.29) is 28.0 Å². The first kappa shape index (κ1) is 17.8. The Morgan fingerprint density at radius 2 is 2.14 bits per heavy atom. The molecule has 21 heavy (non-hydrogen) atoms. The van der Waals surface area contributed by atoms with Crippen LogP contribution in [-0.2, 0) is 19.5 Å². The molecule has 0 aliphatic carbocycles. The van der Waals surface area contributed by atoms with Gasteiger partial charge in [0.2, 0.25) is 10.0 Å². The van der Waals surface area contributed by atoms with E-state index >= 15 is 0 Å². The highest BCUT2D eigenvalue weighted by Crippen LogP contribution is 2.36. The van der Waals surface area contributed by atoms with Crippen molar-refractivity contribution in [2.24, 2.45) is 0 Å². The molecule has 0 spiro atoms. The zero-order chi connectivity index (χ0) is 16.0. The number of anilines is 1. The van der Waals surface area contributed by atoms with Crippen LogP contribution in [0.15, 0.2) is 10.3 Å². The summed E-state index contributed by atoms with van der Waals surface area (Å²) < 4.78 is 36.4. The van der Waals surface area contributed by atoms with E-state index < -0.39 is 21.1 Å². The fourth-order valence-electron chi connectivity index (χ4n) is 1.48. The van der Waals surface area contributed by atoms with E-state index in [4.69, 9.17) is 9.47 Å². The van der Waals surface area contributed by atoms with Gasteiger partial charge < -0.3 is 14.8 Å². The predicted molar refractivity (Wildman–Crippen MR) is 78.4 cm³/mol. The Morgan fingerprint density at radius 1 is 1.48 bits per heavy atom. The third kappa shape index (κ3) is 4.61. The second kappa shape index (κ2) is 7.66. The van der Waals surface area contributed by atoms with Crippen LogP contribution >= 0.6 is 11.3 Å². The minimum Gasteiger partial charge on any atom is -0.382 e. The van der Waals surface area contributed by atoms with Crippen molar-refractivity contribution in [3.8, 4) is 0 Å². The summed E-state index contributed by atoms with van der Waals surface area (Å²) in [6.45, 7) is 0.235. The molecule has 1 rings (SSSR count). The number of sulfonamides is 1. The Morgan fingerprint density at radius 3 is 2.57 bits per heavy atom. The molecule has 1 aromatic heterocycles. The molecule has 0 radical (unpaired) electrons. The van der Waals surface area contributed by atoms with Crippen LogP contribution in [0, 0.1) is 10.1 Å². The van der Waals surface area contributed by atoms with Gasteiger partial charge >= 0.3 is 5.69 Å². The highest BCUT2D eigenvalue weighted by molar-refractivity contribution is 7.91. The smallest absolute Gasteiger partial charge is 0.304 e. The Balaban J connectivity index is 2.90. The van der Waals surface area contributed by atoms with Crippen molar-refractivity contribution in [2.75, 3.05) is 39.7 Å². The average Bonchev–Trinajstić information content (AvgIpc) is 2.88. The highest BCUT2D eigenvalue weighted by atomic mass is 32.2. The maximum Gasteiger partial charge on any atom is 0.304 e. The third-order valence-electron chi connectivity index (χ3n) is 2.57. The Labute approximate surface area is 126 Å². The van der Waals surface area contributed by atoms with E-state index in [0.717, 1.165) is 17.4 Å². The standard InChI is InChI=1S/C10H17N3O6S2/c1-11-10-8(13(14)15)4-9(20-10)21(16,17)12-5-7(19-3)6-18-2/h4,7,11-12H,5-6H2,1-3H3. The van der Waals surface area contributed by atoms with Gasteiger partial charge in [-0.25, -0.2) is 13.1 Å². The maximum atomic E-state index is 12.1. The predicted octanol–water partition coefficient (Wildman–Crippen LogP) is 0.638. The van der Waals surface area contributed by atoms with Gasteiger partial charge in [-0.05, 0) is 0 Å². The van der Waals surface area contributed by atoms with E-state index in [2.05, 4.69) is 10.0 Å². The number of hydrogen-bond acceptors (Lipinski definition) is 8. The Hall–Kier alpha value is -1.27. The maximum absolute atomic E-state index is 12.1. The quantitative estimate of drug-likeness (QED) is 0.500. The van der Waals surface area contributed by atoms with Crippen LogP contribution in [0.25, 0.3) is 0 Å². The van der Waals surface area contributed by atoms with Gasteiger partial charge in [-0.2, -0.15) is 0 Å². The molecular formula is C10H17N3O6S2. The summed E-state index contributed by atoms with van der Waals surface area (Å²) in [5.74, 6) is 0. The molecule has 1 unspecified atom stereocenters. The molecule has 1 aromatic rings. The lowest BCUT2D eigenvalue weighted by atomic mass is 10.4. The van der Waals surface area contributed by atoms with Gasteiger partial charge in [-0.1, -0.05) is 11.3 Å². The molecule has 120 valence electrons. The molecule has 0 fully saturated rings. The first-order valence-electron chi connectivity index (χ1n) is 5.83. The van der Waals surface area contributed by atoms with Crippen LogP contribution in [-0.4, -0.2) is 53.9 Å². The summed E-state index contributed by atoms with van der Waals surface area (Å²) in [5.41, 5.74) is -0.275. The molecule has 0 saturated carbocycles. The van der Waals surface area contributed by atoms with Gasteiger partial charge in [-0.3, -0.25) is 10.1 Å². The number of rotatable bonds is 9. The summed E-state index contributed by atoms with van der Waals surface area (Å²) >= 11 is 0.792. The lowest BCUT2D eigenvalue weighted by molar-refractivity contribution is -0.383. The summed E-state index contributed by atoms with van der Waals surface area (Å²) in [5, 5.41) is 13.6. The van der Waals surface area contributed by atoms with E-state index in [1.54, 1.807) is 0 Å². The topological polar surface area (TPSA) is 120 Å². The van der Waals surface area contributed by atoms with Crippen molar-refractivity contribution in [1.29, 1.82) is 0 Å². The number of ether oxygens (including phenoxy) is 2. The van der Waals surface area contributed by atoms with Crippen molar-refractivity contribution in [3.63, 3.8) is 0 Å². The first-order valence-corrected chi connectivity index (χ1v) is 8.13. The summed E-state index contributed by atoms with van der Waals surface area (Å²) in [7, 11) is 0.560. The molecule has 0 aromatic carbocycles. The SMILES string of the molecule is CNc1sc(S(=O)(=O)NCC(COC)OC)cc1[N+](=O)[O-]. The van der Waals surface area contributed by atoms with Crippen molar-refractivity contribution in [2.45, 2.75) is 10.3 Å². The van der Waals surface area contributed by atoms with E-state index in [9.17, 15) is 18.5 Å². The van der Waals surface area contributed by atoms with Crippen LogP contribution in [0.4, 0.5) is 10.7 Å². The summed E-state index contributed by atoms with van der Waals surface area (Å²) in [6.07, 6.45) is -0.441. The van der Waals surface area contributed by atoms with Gasteiger partial charge in [-0.15, -0.1) is 0 Å². The number of nitrogens with one attached hydrogen (secondary N) is 2. The molecule has 0 saturated heterocycles. The molecule has 1 heterocycles. The van der Waals surface area contributed by atoms with Crippen LogP contribution < -0.4 is 10.0 Å². The Bertz CT molecular complexity index is 586. The molecule has 1 atom stereocenters. The van der Waals surface area contributed by atoms with E-state index in [1.807, 2.05) is 0 Å². The third-order valence-corrected chi connectivity index (χ3v) is 5.60. The van der Waals surface area contributed by atoms with Gasteiger partial charge in [0, 0.05) is 33.9 Å². The molecule has 0 amide bonds. The molecule has 0 bridgehead atoms. The van der Waals surface area contributed by atoms with Crippen molar-refractivity contribution in [1.82, 2.24) is 4.72 Å². The number of nitrogens with zero attached hydrogens (tertiary/aromatic N) is 1. The van der Waals surface area contributed by atoms with Gasteiger partial charge in [0.15, 0.2) is 5.00 Å². The zero-order valence-electron chi connectivity index (χ0n) is 11.8. The van der Waals surface area contributed by atoms with Crippen molar-refractivity contribution >= 4 is 32.0 Å². The fraction of sp³-hybridized carbons (Fsp3) is 0.600.